The van der Waals surface area contributed by atoms with Crippen LogP contribution in [0.2, 0.25) is 5.02 Å². The zero-order chi connectivity index (χ0) is 15.6. The van der Waals surface area contributed by atoms with E-state index in [0.717, 1.165) is 30.7 Å². The minimum Gasteiger partial charge on any atom is -0.326 e. The maximum atomic E-state index is 13.6. The molecular weight excluding hydrogens is 330 g/mol. The van der Waals surface area contributed by atoms with Gasteiger partial charge in [0.15, 0.2) is 0 Å². The number of nitrogens with zero attached hydrogens (tertiary/aromatic N) is 2. The van der Waals surface area contributed by atoms with E-state index in [1.807, 2.05) is 11.8 Å². The first-order valence-electron chi connectivity index (χ1n) is 6.95. The Balaban J connectivity index is 2.58. The van der Waals surface area contributed by atoms with Crippen LogP contribution in [-0.2, 0) is 12.4 Å². The second-order valence-corrected chi connectivity index (χ2v) is 7.05. The molecule has 1 aromatic carbocycles. The van der Waals surface area contributed by atoms with Crippen molar-refractivity contribution in [1.29, 1.82) is 0 Å². The van der Waals surface area contributed by atoms with Crippen molar-refractivity contribution < 1.29 is 4.39 Å². The molecule has 2 nitrogen and oxygen atoms in total. The largest absolute Gasteiger partial charge is 0.326 e. The highest BCUT2D eigenvalue weighted by Crippen LogP contribution is 2.35. The van der Waals surface area contributed by atoms with Gasteiger partial charge in [-0.2, -0.15) is 11.8 Å². The molecular formula is C15H19Cl2FN2S. The van der Waals surface area contributed by atoms with Gasteiger partial charge in [0.25, 0.3) is 0 Å². The summed E-state index contributed by atoms with van der Waals surface area (Å²) >= 11 is 13.8. The second-order valence-electron chi connectivity index (χ2n) is 5.10. The standard InChI is InChI=1S/C15H19Cl2FN2S/c1-4-15(5-2,21-3)9-20-13-6-10(17)11(18)7-12(13)19-14(20)8-16/h6-7H,4-5,8-9H2,1-3H3. The minimum absolute atomic E-state index is 0.118. The van der Waals surface area contributed by atoms with E-state index in [4.69, 9.17) is 23.2 Å². The van der Waals surface area contributed by atoms with Crippen LogP contribution in [0.15, 0.2) is 12.1 Å². The lowest BCUT2D eigenvalue weighted by Gasteiger charge is -2.31. The van der Waals surface area contributed by atoms with Gasteiger partial charge in [-0.05, 0) is 25.2 Å². The van der Waals surface area contributed by atoms with E-state index in [0.29, 0.717) is 11.4 Å². The van der Waals surface area contributed by atoms with Crippen LogP contribution in [0, 0.1) is 5.82 Å². The van der Waals surface area contributed by atoms with E-state index in [1.54, 1.807) is 6.07 Å². The monoisotopic (exact) mass is 348 g/mol. The summed E-state index contributed by atoms with van der Waals surface area (Å²) in [5.74, 6) is 0.608. The molecule has 0 saturated heterocycles. The van der Waals surface area contributed by atoms with E-state index >= 15 is 0 Å². The van der Waals surface area contributed by atoms with E-state index in [9.17, 15) is 4.39 Å². The average Bonchev–Trinajstić information content (AvgIpc) is 2.82. The Bertz CT molecular complexity index is 630. The third kappa shape index (κ3) is 3.17. The lowest BCUT2D eigenvalue weighted by molar-refractivity contribution is 0.466. The lowest BCUT2D eigenvalue weighted by Crippen LogP contribution is -2.29. The molecule has 0 N–H and O–H groups in total. The van der Waals surface area contributed by atoms with Crippen molar-refractivity contribution in [3.05, 3.63) is 28.8 Å². The van der Waals surface area contributed by atoms with Crippen molar-refractivity contribution in [3.63, 3.8) is 0 Å². The molecule has 0 aliphatic heterocycles. The molecule has 0 atom stereocenters. The molecule has 0 spiro atoms. The SMILES string of the molecule is CCC(CC)(Cn1c(CCl)nc2cc(F)c(Cl)cc21)SC. The Hall–Kier alpha value is -0.450. The second kappa shape index (κ2) is 6.76. The third-order valence-electron chi connectivity index (χ3n) is 4.16. The molecule has 6 heteroatoms. The molecule has 0 unspecified atom stereocenters. The number of hydrogen-bond acceptors (Lipinski definition) is 2. The molecule has 0 fully saturated rings. The lowest BCUT2D eigenvalue weighted by atomic mass is 10.0. The Morgan fingerprint density at radius 3 is 2.52 bits per heavy atom. The van der Waals surface area contributed by atoms with Crippen LogP contribution < -0.4 is 0 Å². The van der Waals surface area contributed by atoms with Crippen LogP contribution in [0.25, 0.3) is 11.0 Å². The van der Waals surface area contributed by atoms with Crippen LogP contribution in [0.5, 0.6) is 0 Å². The van der Waals surface area contributed by atoms with Crippen LogP contribution in [0.1, 0.15) is 32.5 Å². The summed E-state index contributed by atoms with van der Waals surface area (Å²) in [5, 5.41) is 0.118. The van der Waals surface area contributed by atoms with Crippen molar-refractivity contribution in [3.8, 4) is 0 Å². The van der Waals surface area contributed by atoms with Gasteiger partial charge in [0.2, 0.25) is 0 Å². The summed E-state index contributed by atoms with van der Waals surface area (Å²) in [6.07, 6.45) is 4.21. The number of rotatable bonds is 6. The maximum absolute atomic E-state index is 13.6. The Labute approximate surface area is 139 Å². The molecule has 1 heterocycles. The Kier molecular flexibility index (Phi) is 5.44. The van der Waals surface area contributed by atoms with E-state index in [2.05, 4.69) is 29.7 Å². The molecule has 0 aliphatic carbocycles. The topological polar surface area (TPSA) is 17.8 Å². The molecule has 0 radical (unpaired) electrons. The first-order valence-corrected chi connectivity index (χ1v) is 9.09. The zero-order valence-corrected chi connectivity index (χ0v) is 14.7. The van der Waals surface area contributed by atoms with Gasteiger partial charge in [-0.3, -0.25) is 0 Å². The maximum Gasteiger partial charge on any atom is 0.144 e. The number of thioether (sulfide) groups is 1. The summed E-state index contributed by atoms with van der Waals surface area (Å²) in [6, 6.07) is 3.02. The molecule has 0 saturated carbocycles. The summed E-state index contributed by atoms with van der Waals surface area (Å²) < 4.78 is 15.8. The Morgan fingerprint density at radius 2 is 2.00 bits per heavy atom. The number of imidazole rings is 1. The molecule has 1 aromatic heterocycles. The van der Waals surface area contributed by atoms with E-state index in [1.165, 1.54) is 6.07 Å². The number of benzene rings is 1. The molecule has 0 bridgehead atoms. The summed E-state index contributed by atoms with van der Waals surface area (Å²) in [5.41, 5.74) is 1.45. The van der Waals surface area contributed by atoms with Gasteiger partial charge >= 0.3 is 0 Å². The number of aromatic nitrogens is 2. The van der Waals surface area contributed by atoms with Crippen molar-refractivity contribution in [1.82, 2.24) is 9.55 Å². The van der Waals surface area contributed by atoms with Gasteiger partial charge in [0.05, 0.1) is 21.9 Å². The predicted molar refractivity (Wildman–Crippen MR) is 91.1 cm³/mol. The quantitative estimate of drug-likeness (QED) is 0.642. The number of alkyl halides is 1. The van der Waals surface area contributed by atoms with Crippen molar-refractivity contribution in [2.45, 2.75) is 43.9 Å². The van der Waals surface area contributed by atoms with E-state index in [-0.39, 0.29) is 9.77 Å². The third-order valence-corrected chi connectivity index (χ3v) is 6.26. The highest BCUT2D eigenvalue weighted by atomic mass is 35.5. The highest BCUT2D eigenvalue weighted by Gasteiger charge is 2.27. The van der Waals surface area contributed by atoms with Crippen LogP contribution in [-0.4, -0.2) is 20.6 Å². The number of hydrogen-bond donors (Lipinski definition) is 0. The van der Waals surface area contributed by atoms with Crippen molar-refractivity contribution in [2.24, 2.45) is 0 Å². The van der Waals surface area contributed by atoms with Crippen LogP contribution in [0.3, 0.4) is 0 Å². The van der Waals surface area contributed by atoms with Gasteiger partial charge < -0.3 is 4.57 Å². The van der Waals surface area contributed by atoms with Gasteiger partial charge in [-0.15, -0.1) is 11.6 Å². The first-order chi connectivity index (χ1) is 10.00. The first kappa shape index (κ1) is 16.9. The van der Waals surface area contributed by atoms with Gasteiger partial charge in [0, 0.05) is 17.4 Å². The van der Waals surface area contributed by atoms with Gasteiger partial charge in [-0.1, -0.05) is 25.4 Å². The molecule has 21 heavy (non-hydrogen) atoms. The van der Waals surface area contributed by atoms with Crippen LogP contribution >= 0.6 is 35.0 Å². The van der Waals surface area contributed by atoms with Gasteiger partial charge in [0.1, 0.15) is 11.6 Å². The molecule has 0 aliphatic rings. The summed E-state index contributed by atoms with van der Waals surface area (Å²) in [6.45, 7) is 5.17. The summed E-state index contributed by atoms with van der Waals surface area (Å²) in [7, 11) is 0. The fourth-order valence-corrected chi connectivity index (χ4v) is 3.76. The smallest absolute Gasteiger partial charge is 0.144 e. The predicted octanol–water partition coefficient (Wildman–Crippen LogP) is 5.49. The average molecular weight is 349 g/mol. The Morgan fingerprint density at radius 1 is 1.33 bits per heavy atom. The fraction of sp³-hybridized carbons (Fsp3) is 0.533. The van der Waals surface area contributed by atoms with Gasteiger partial charge in [-0.25, -0.2) is 9.37 Å². The normalized spacial score (nSPS) is 12.3. The minimum atomic E-state index is -0.447. The number of fused-ring (bicyclic) bond motifs is 1. The zero-order valence-electron chi connectivity index (χ0n) is 12.4. The number of halogens is 3. The molecule has 0 amide bonds. The van der Waals surface area contributed by atoms with E-state index < -0.39 is 5.82 Å². The molecule has 116 valence electrons. The van der Waals surface area contributed by atoms with Crippen LogP contribution in [0.4, 0.5) is 4.39 Å². The molecule has 2 rings (SSSR count). The summed E-state index contributed by atoms with van der Waals surface area (Å²) in [4.78, 5) is 4.44. The molecule has 2 aromatic rings. The fourth-order valence-electron chi connectivity index (χ4n) is 2.56. The van der Waals surface area contributed by atoms with Crippen molar-refractivity contribution in [2.75, 3.05) is 6.26 Å². The van der Waals surface area contributed by atoms with Crippen molar-refractivity contribution >= 4 is 46.0 Å². The highest BCUT2D eigenvalue weighted by molar-refractivity contribution is 8.00.